The average Bonchev–Trinajstić information content (AvgIpc) is 3.24. The van der Waals surface area contributed by atoms with Crippen LogP contribution in [0.25, 0.3) is 10.9 Å². The van der Waals surface area contributed by atoms with Gasteiger partial charge in [-0.05, 0) is 30.7 Å². The molecule has 4 heterocycles. The Morgan fingerprint density at radius 3 is 2.65 bits per heavy atom. The van der Waals surface area contributed by atoms with Gasteiger partial charge in [0.15, 0.2) is 5.15 Å². The van der Waals surface area contributed by atoms with Crippen LogP contribution < -0.4 is 5.32 Å². The Kier molecular flexibility index (Phi) is 5.40. The van der Waals surface area contributed by atoms with Gasteiger partial charge in [0, 0.05) is 35.5 Å². The number of halogens is 5. The molecule has 0 bridgehead atoms. The molecule has 0 spiro atoms. The predicted molar refractivity (Wildman–Crippen MR) is 122 cm³/mol. The van der Waals surface area contributed by atoms with Crippen molar-refractivity contribution in [2.75, 3.05) is 31.6 Å². The molecule has 2 aliphatic heterocycles. The molecule has 3 atom stereocenters. The number of nitrogens with one attached hydrogen (secondary N) is 1. The van der Waals surface area contributed by atoms with E-state index in [1.165, 1.54) is 6.20 Å². The quantitative estimate of drug-likeness (QED) is 0.519. The first-order valence-corrected chi connectivity index (χ1v) is 11.9. The number of hydrogen-bond donors (Lipinski definition) is 1. The molecule has 2 aromatic heterocycles. The first-order chi connectivity index (χ1) is 16.3. The highest BCUT2D eigenvalue weighted by Crippen LogP contribution is 2.53. The first-order valence-electron chi connectivity index (χ1n) is 11.1. The standard InChI is InChI=1S/C22H21Cl2F3N6O/c23-15-3-11-6-28-21(31-18-7-29-33(20(18)24)19-5-22(19,26)27)30-17(11)4-14(15)13-1-2-32(8-16(13)25)12-9-34-10-12/h3-4,6-7,12-13,16,19H,1-2,5,8-10H2,(H,28,30,31)/t13-,16+,19+/m1/s1. The average molecular weight is 513 g/mol. The maximum atomic E-state index is 15.2. The number of ether oxygens (including phenoxy) is 1. The van der Waals surface area contributed by atoms with Gasteiger partial charge in [0.2, 0.25) is 5.95 Å². The summed E-state index contributed by atoms with van der Waals surface area (Å²) in [6.45, 7) is 2.46. The summed E-state index contributed by atoms with van der Waals surface area (Å²) in [6.07, 6.45) is 2.28. The number of rotatable bonds is 5. The van der Waals surface area contributed by atoms with E-state index in [4.69, 9.17) is 27.9 Å². The number of piperidine rings is 1. The van der Waals surface area contributed by atoms with E-state index in [9.17, 15) is 8.78 Å². The van der Waals surface area contributed by atoms with Crippen molar-refractivity contribution in [1.82, 2.24) is 24.6 Å². The van der Waals surface area contributed by atoms with Crippen molar-refractivity contribution in [3.05, 3.63) is 40.3 Å². The molecule has 6 rings (SSSR count). The Morgan fingerprint density at radius 2 is 1.97 bits per heavy atom. The normalized spacial score (nSPS) is 27.0. The van der Waals surface area contributed by atoms with Crippen LogP contribution in [0.15, 0.2) is 24.5 Å². The third-order valence-corrected chi connectivity index (χ3v) is 7.58. The summed E-state index contributed by atoms with van der Waals surface area (Å²) in [5, 5.41) is 8.17. The van der Waals surface area contributed by atoms with Gasteiger partial charge in [-0.3, -0.25) is 4.90 Å². The second-order valence-electron chi connectivity index (χ2n) is 9.12. The SMILES string of the molecule is F[C@H]1CN(C2COC2)CC[C@@H]1c1cc2nc(Nc3cnn([C@H]4CC4(F)F)c3Cl)ncc2cc1Cl. The highest BCUT2D eigenvalue weighted by atomic mass is 35.5. The zero-order chi connectivity index (χ0) is 23.6. The molecule has 1 aromatic carbocycles. The molecule has 3 aromatic rings. The molecule has 1 saturated carbocycles. The Bertz CT molecular complexity index is 1250. The number of alkyl halides is 3. The fourth-order valence-corrected chi connectivity index (χ4v) is 5.26. The first kappa shape index (κ1) is 22.3. The molecule has 180 valence electrons. The summed E-state index contributed by atoms with van der Waals surface area (Å²) < 4.78 is 48.3. The Hall–Kier alpha value is -2.14. The molecule has 12 heteroatoms. The van der Waals surface area contributed by atoms with Gasteiger partial charge >= 0.3 is 0 Å². The number of aromatic nitrogens is 4. The lowest BCUT2D eigenvalue weighted by atomic mass is 9.86. The topological polar surface area (TPSA) is 68.1 Å². The summed E-state index contributed by atoms with van der Waals surface area (Å²) >= 11 is 12.8. The van der Waals surface area contributed by atoms with Crippen molar-refractivity contribution in [3.8, 4) is 0 Å². The van der Waals surface area contributed by atoms with Crippen molar-refractivity contribution in [2.24, 2.45) is 0 Å². The molecule has 1 aliphatic carbocycles. The zero-order valence-electron chi connectivity index (χ0n) is 17.9. The lowest BCUT2D eigenvalue weighted by Crippen LogP contribution is -2.54. The number of nitrogens with zero attached hydrogens (tertiary/aromatic N) is 5. The maximum absolute atomic E-state index is 15.2. The van der Waals surface area contributed by atoms with Crippen molar-refractivity contribution in [2.45, 2.75) is 42.9 Å². The fraction of sp³-hybridized carbons (Fsp3) is 0.500. The monoisotopic (exact) mass is 512 g/mol. The van der Waals surface area contributed by atoms with Gasteiger partial charge < -0.3 is 10.1 Å². The van der Waals surface area contributed by atoms with Gasteiger partial charge in [0.25, 0.3) is 5.92 Å². The van der Waals surface area contributed by atoms with E-state index in [1.54, 1.807) is 18.3 Å². The minimum atomic E-state index is -2.79. The van der Waals surface area contributed by atoms with Crippen molar-refractivity contribution in [1.29, 1.82) is 0 Å². The summed E-state index contributed by atoms with van der Waals surface area (Å²) in [5.74, 6) is -2.90. The number of likely N-dealkylation sites (tertiary alicyclic amines) is 1. The van der Waals surface area contributed by atoms with Gasteiger partial charge in [-0.25, -0.2) is 27.8 Å². The van der Waals surface area contributed by atoms with Crippen LogP contribution in [0.5, 0.6) is 0 Å². The van der Waals surface area contributed by atoms with Crippen LogP contribution in [0, 0.1) is 0 Å². The Balaban J connectivity index is 1.24. The molecule has 2 saturated heterocycles. The second kappa shape index (κ2) is 8.22. The molecular formula is C22H21Cl2F3N6O. The molecule has 34 heavy (non-hydrogen) atoms. The van der Waals surface area contributed by atoms with Crippen molar-refractivity contribution < 1.29 is 17.9 Å². The zero-order valence-corrected chi connectivity index (χ0v) is 19.4. The van der Waals surface area contributed by atoms with Crippen molar-refractivity contribution in [3.63, 3.8) is 0 Å². The lowest BCUT2D eigenvalue weighted by Gasteiger charge is -2.43. The number of fused-ring (bicyclic) bond motifs is 1. The van der Waals surface area contributed by atoms with E-state index in [0.717, 1.165) is 16.8 Å². The van der Waals surface area contributed by atoms with Crippen molar-refractivity contribution >= 4 is 45.7 Å². The van der Waals surface area contributed by atoms with Gasteiger partial charge in [-0.15, -0.1) is 0 Å². The van der Waals surface area contributed by atoms with E-state index >= 15 is 4.39 Å². The van der Waals surface area contributed by atoms with Crippen LogP contribution in [0.1, 0.15) is 30.4 Å². The van der Waals surface area contributed by atoms with E-state index in [-0.39, 0.29) is 23.4 Å². The van der Waals surface area contributed by atoms with Gasteiger partial charge in [0.1, 0.15) is 12.2 Å². The minimum Gasteiger partial charge on any atom is -0.378 e. The van der Waals surface area contributed by atoms with Crippen LogP contribution in [0.2, 0.25) is 10.2 Å². The predicted octanol–water partition coefficient (Wildman–Crippen LogP) is 4.98. The Labute approximate surface area is 203 Å². The van der Waals surface area contributed by atoms with E-state index in [2.05, 4.69) is 25.3 Å². The number of benzene rings is 1. The minimum absolute atomic E-state index is 0.0616. The van der Waals surface area contributed by atoms with Crippen LogP contribution in [-0.4, -0.2) is 69.1 Å². The van der Waals surface area contributed by atoms with E-state index in [0.29, 0.717) is 53.8 Å². The molecule has 1 N–H and O–H groups in total. The number of anilines is 2. The highest BCUT2D eigenvalue weighted by Gasteiger charge is 2.59. The fourth-order valence-electron chi connectivity index (χ4n) is 4.69. The summed E-state index contributed by atoms with van der Waals surface area (Å²) in [7, 11) is 0. The molecule has 0 amide bonds. The smallest absolute Gasteiger partial charge is 0.272 e. The Morgan fingerprint density at radius 1 is 1.18 bits per heavy atom. The van der Waals surface area contributed by atoms with Gasteiger partial charge in [0.05, 0.1) is 36.7 Å². The third kappa shape index (κ3) is 3.90. The van der Waals surface area contributed by atoms with E-state index in [1.807, 2.05) is 0 Å². The maximum Gasteiger partial charge on any atom is 0.272 e. The highest BCUT2D eigenvalue weighted by molar-refractivity contribution is 6.32. The van der Waals surface area contributed by atoms with Crippen LogP contribution >= 0.6 is 23.2 Å². The summed E-state index contributed by atoms with van der Waals surface area (Å²) in [6, 6.07) is 2.82. The molecular weight excluding hydrogens is 492 g/mol. The van der Waals surface area contributed by atoms with Crippen LogP contribution in [0.3, 0.4) is 0 Å². The third-order valence-electron chi connectivity index (χ3n) is 6.88. The lowest BCUT2D eigenvalue weighted by molar-refractivity contribution is -0.0806. The molecule has 0 radical (unpaired) electrons. The molecule has 3 fully saturated rings. The van der Waals surface area contributed by atoms with Gasteiger partial charge in [-0.1, -0.05) is 23.2 Å². The molecule has 7 nitrogen and oxygen atoms in total. The van der Waals surface area contributed by atoms with E-state index < -0.39 is 18.1 Å². The summed E-state index contributed by atoms with van der Waals surface area (Å²) in [5.41, 5.74) is 1.64. The number of hydrogen-bond acceptors (Lipinski definition) is 6. The van der Waals surface area contributed by atoms with Crippen LogP contribution in [0.4, 0.5) is 24.8 Å². The molecule has 0 unspecified atom stereocenters. The van der Waals surface area contributed by atoms with Gasteiger partial charge in [-0.2, -0.15) is 5.10 Å². The van der Waals surface area contributed by atoms with Crippen LogP contribution in [-0.2, 0) is 4.74 Å². The summed E-state index contributed by atoms with van der Waals surface area (Å²) in [4.78, 5) is 10.9. The second-order valence-corrected chi connectivity index (χ2v) is 9.89. The largest absolute Gasteiger partial charge is 0.378 e. The molecule has 3 aliphatic rings.